The van der Waals surface area contributed by atoms with Crippen molar-refractivity contribution in [2.45, 2.75) is 32.1 Å². The summed E-state index contributed by atoms with van der Waals surface area (Å²) in [4.78, 5) is 0. The van der Waals surface area contributed by atoms with Gasteiger partial charge < -0.3 is 0 Å². The van der Waals surface area contributed by atoms with Gasteiger partial charge in [-0.05, 0) is 18.9 Å². The zero-order chi connectivity index (χ0) is 11.5. The molecule has 0 unspecified atom stereocenters. The van der Waals surface area contributed by atoms with E-state index in [4.69, 9.17) is 10.8 Å². The first-order valence-electron chi connectivity index (χ1n) is 6.01. The summed E-state index contributed by atoms with van der Waals surface area (Å²) in [5, 5.41) is 16.0. The molecule has 0 bridgehead atoms. The van der Waals surface area contributed by atoms with Gasteiger partial charge in [0.2, 0.25) is 0 Å². The minimum absolute atomic E-state index is 0.352. The van der Waals surface area contributed by atoms with Gasteiger partial charge in [-0.1, -0.05) is 30.8 Å². The minimum Gasteiger partial charge on any atom is -0.291 e. The smallest absolute Gasteiger partial charge is 0.141 e. The van der Waals surface area contributed by atoms with Gasteiger partial charge in [-0.3, -0.25) is 15.4 Å². The van der Waals surface area contributed by atoms with Crippen LogP contribution in [0.25, 0.3) is 0 Å². The Hall–Kier alpha value is -1.32. The third-order valence-electron chi connectivity index (χ3n) is 3.35. The summed E-state index contributed by atoms with van der Waals surface area (Å²) in [5.41, 5.74) is 1.53. The van der Waals surface area contributed by atoms with Crippen LogP contribution in [-0.4, -0.2) is 18.2 Å². The predicted octanol–water partition coefficient (Wildman–Crippen LogP) is 0.632. The van der Waals surface area contributed by atoms with Crippen molar-refractivity contribution in [3.8, 4) is 0 Å². The maximum atomic E-state index is 8.20. The molecule has 0 aromatic carbocycles. The molecule has 0 aliphatic heterocycles. The Morgan fingerprint density at radius 2 is 1.94 bits per heavy atom. The number of hydrogen-bond acceptors (Lipinski definition) is 2. The van der Waals surface area contributed by atoms with Crippen LogP contribution in [0.4, 0.5) is 0 Å². The summed E-state index contributed by atoms with van der Waals surface area (Å²) in [7, 11) is 2.00. The molecule has 1 aliphatic rings. The molecule has 0 amide bonds. The Kier molecular flexibility index (Phi) is 3.27. The first-order valence-corrected chi connectivity index (χ1v) is 6.01. The van der Waals surface area contributed by atoms with Crippen LogP contribution in [0.1, 0.15) is 32.1 Å². The third-order valence-corrected chi connectivity index (χ3v) is 3.35. The molecule has 1 heterocycles. The lowest BCUT2D eigenvalue weighted by Gasteiger charge is -2.23. The highest BCUT2D eigenvalue weighted by atomic mass is 15.0. The molecule has 2 rings (SSSR count). The van der Waals surface area contributed by atoms with Gasteiger partial charge >= 0.3 is 0 Å². The van der Waals surface area contributed by atoms with Crippen LogP contribution in [0.15, 0.2) is 18.3 Å². The third kappa shape index (κ3) is 2.26. The van der Waals surface area contributed by atoms with Crippen molar-refractivity contribution < 1.29 is 0 Å². The lowest BCUT2D eigenvalue weighted by Crippen LogP contribution is -2.34. The molecule has 1 fully saturated rings. The molecule has 1 aliphatic carbocycles. The quantitative estimate of drug-likeness (QED) is 0.392. The zero-order valence-corrected chi connectivity index (χ0v) is 9.79. The van der Waals surface area contributed by atoms with Gasteiger partial charge in [0.15, 0.2) is 0 Å². The maximum Gasteiger partial charge on any atom is 0.141 e. The highest BCUT2D eigenvalue weighted by Crippen LogP contribution is 2.24. The summed E-state index contributed by atoms with van der Waals surface area (Å²) >= 11 is 0. The van der Waals surface area contributed by atoms with Gasteiger partial charge in [0.1, 0.15) is 19.2 Å². The Morgan fingerprint density at radius 3 is 2.62 bits per heavy atom. The number of rotatable bonds is 1. The molecule has 0 spiro atoms. The Morgan fingerprint density at radius 1 is 1.25 bits per heavy atom. The van der Waals surface area contributed by atoms with E-state index in [0.29, 0.717) is 17.2 Å². The second-order valence-corrected chi connectivity index (χ2v) is 4.68. The van der Waals surface area contributed by atoms with Crippen LogP contribution < -0.4 is 11.0 Å². The van der Waals surface area contributed by atoms with Crippen molar-refractivity contribution >= 4 is 19.1 Å². The second kappa shape index (κ2) is 4.68. The van der Waals surface area contributed by atoms with Crippen LogP contribution in [0.3, 0.4) is 0 Å². The SMILES string of the molecule is Bc1ccc(=N)n(C(=N)C2CCCCC2)c1. The van der Waals surface area contributed by atoms with Crippen LogP contribution in [0.5, 0.6) is 0 Å². The van der Waals surface area contributed by atoms with E-state index in [1.165, 1.54) is 19.3 Å². The van der Waals surface area contributed by atoms with E-state index < -0.39 is 0 Å². The van der Waals surface area contributed by atoms with Crippen molar-refractivity contribution in [3.05, 3.63) is 23.8 Å². The Labute approximate surface area is 96.9 Å². The number of nitrogens with zero attached hydrogens (tertiary/aromatic N) is 1. The predicted molar refractivity (Wildman–Crippen MR) is 68.2 cm³/mol. The van der Waals surface area contributed by atoms with Crippen molar-refractivity contribution in [1.29, 1.82) is 10.8 Å². The first kappa shape index (κ1) is 11.2. The summed E-state index contributed by atoms with van der Waals surface area (Å²) < 4.78 is 1.73. The molecule has 0 saturated heterocycles. The number of hydrogen-bond donors (Lipinski definition) is 2. The largest absolute Gasteiger partial charge is 0.291 e. The van der Waals surface area contributed by atoms with Gasteiger partial charge in [0.05, 0.1) is 0 Å². The topological polar surface area (TPSA) is 52.6 Å². The van der Waals surface area contributed by atoms with Crippen molar-refractivity contribution in [3.63, 3.8) is 0 Å². The van der Waals surface area contributed by atoms with Crippen LogP contribution >= 0.6 is 0 Å². The minimum atomic E-state index is 0.352. The van der Waals surface area contributed by atoms with Gasteiger partial charge in [0, 0.05) is 12.1 Å². The van der Waals surface area contributed by atoms with Gasteiger partial charge in [-0.25, -0.2) is 0 Å². The molecule has 2 N–H and O–H groups in total. The van der Waals surface area contributed by atoms with Crippen LogP contribution in [-0.2, 0) is 0 Å². The van der Waals surface area contributed by atoms with E-state index in [0.717, 1.165) is 18.3 Å². The van der Waals surface area contributed by atoms with Gasteiger partial charge in [-0.15, -0.1) is 0 Å². The van der Waals surface area contributed by atoms with E-state index in [-0.39, 0.29) is 0 Å². The summed E-state index contributed by atoms with van der Waals surface area (Å²) in [6.07, 6.45) is 7.88. The van der Waals surface area contributed by atoms with Crippen molar-refractivity contribution in [2.24, 2.45) is 5.92 Å². The highest BCUT2D eigenvalue weighted by Gasteiger charge is 2.19. The standard InChI is InChI=1S/C12H18BN3/c13-10-6-7-11(14)16(8-10)12(15)9-4-2-1-3-5-9/h6-9,14-15H,1-5,13H2. The molecule has 1 aromatic heterocycles. The molecule has 16 heavy (non-hydrogen) atoms. The number of nitrogens with one attached hydrogen (secondary N) is 2. The average Bonchev–Trinajstić information content (AvgIpc) is 2.32. The molecule has 84 valence electrons. The van der Waals surface area contributed by atoms with Gasteiger partial charge in [0.25, 0.3) is 0 Å². The monoisotopic (exact) mass is 215 g/mol. The van der Waals surface area contributed by atoms with E-state index in [1.807, 2.05) is 20.1 Å². The summed E-state index contributed by atoms with van der Waals surface area (Å²) in [5.74, 6) is 0.957. The van der Waals surface area contributed by atoms with Crippen molar-refractivity contribution in [2.75, 3.05) is 0 Å². The summed E-state index contributed by atoms with van der Waals surface area (Å²) in [6.45, 7) is 0. The lowest BCUT2D eigenvalue weighted by atomic mass is 9.88. The molecule has 4 heteroatoms. The zero-order valence-electron chi connectivity index (χ0n) is 9.79. The lowest BCUT2D eigenvalue weighted by molar-refractivity contribution is 0.431. The second-order valence-electron chi connectivity index (χ2n) is 4.68. The van der Waals surface area contributed by atoms with E-state index in [1.54, 1.807) is 10.6 Å². The van der Waals surface area contributed by atoms with Crippen LogP contribution in [0.2, 0.25) is 0 Å². The number of aromatic nitrogens is 1. The van der Waals surface area contributed by atoms with Crippen LogP contribution in [0, 0.1) is 16.7 Å². The molecule has 1 aromatic rings. The average molecular weight is 215 g/mol. The molecule has 0 atom stereocenters. The fourth-order valence-electron chi connectivity index (χ4n) is 2.38. The first-order chi connectivity index (χ1) is 7.68. The normalized spacial score (nSPS) is 17.2. The van der Waals surface area contributed by atoms with Crippen molar-refractivity contribution in [1.82, 2.24) is 4.57 Å². The summed E-state index contributed by atoms with van der Waals surface area (Å²) in [6, 6.07) is 3.69. The molecular weight excluding hydrogens is 197 g/mol. The molecule has 1 saturated carbocycles. The van der Waals surface area contributed by atoms with E-state index >= 15 is 0 Å². The number of pyridine rings is 1. The Bertz CT molecular complexity index is 444. The maximum absolute atomic E-state index is 8.20. The molecule has 3 nitrogen and oxygen atoms in total. The molecule has 0 radical (unpaired) electrons. The fourth-order valence-corrected chi connectivity index (χ4v) is 2.38. The highest BCUT2D eigenvalue weighted by molar-refractivity contribution is 6.32. The van der Waals surface area contributed by atoms with E-state index in [9.17, 15) is 0 Å². The Balaban J connectivity index is 2.25. The van der Waals surface area contributed by atoms with Gasteiger partial charge in [-0.2, -0.15) is 0 Å². The molecular formula is C12H18BN3. The van der Waals surface area contributed by atoms with E-state index in [2.05, 4.69) is 0 Å². The fraction of sp³-hybridized carbons (Fsp3) is 0.500.